The zero-order valence-electron chi connectivity index (χ0n) is 11.6. The van der Waals surface area contributed by atoms with Gasteiger partial charge in [-0.25, -0.2) is 4.79 Å². The molecule has 0 aliphatic carbocycles. The van der Waals surface area contributed by atoms with Gasteiger partial charge in [0.25, 0.3) is 11.8 Å². The number of likely N-dealkylation sites (N-methyl/N-ethyl adjacent to an activating group) is 1. The molecule has 0 spiro atoms. The highest BCUT2D eigenvalue weighted by Crippen LogP contribution is 2.19. The topological polar surface area (TPSA) is 92.9 Å². The van der Waals surface area contributed by atoms with Crippen LogP contribution >= 0.6 is 0 Å². The quantitative estimate of drug-likeness (QED) is 0.901. The molecule has 0 atom stereocenters. The van der Waals surface area contributed by atoms with Crippen LogP contribution in [-0.2, 0) is 4.79 Å². The Bertz CT molecular complexity index is 665. The maximum absolute atomic E-state index is 12.0. The van der Waals surface area contributed by atoms with Crippen LogP contribution in [0.2, 0.25) is 0 Å². The number of benzene rings is 1. The van der Waals surface area contributed by atoms with E-state index in [0.717, 1.165) is 0 Å². The van der Waals surface area contributed by atoms with Crippen molar-refractivity contribution in [1.82, 2.24) is 5.16 Å². The SMILES string of the molecule is Cc1cc(OCC(=O)N(C)c2ccccc2C(=O)O)no1. The first-order chi connectivity index (χ1) is 9.99. The Hall–Kier alpha value is -2.83. The summed E-state index contributed by atoms with van der Waals surface area (Å²) >= 11 is 0. The molecule has 1 heterocycles. The summed E-state index contributed by atoms with van der Waals surface area (Å²) in [5.74, 6) is -0.717. The van der Waals surface area contributed by atoms with Gasteiger partial charge < -0.3 is 19.3 Å². The zero-order chi connectivity index (χ0) is 15.4. The number of carboxylic acids is 1. The molecule has 0 radical (unpaired) electrons. The molecule has 0 fully saturated rings. The van der Waals surface area contributed by atoms with Crippen LogP contribution in [0.5, 0.6) is 5.88 Å². The van der Waals surface area contributed by atoms with Crippen LogP contribution in [0.4, 0.5) is 5.69 Å². The molecule has 21 heavy (non-hydrogen) atoms. The molecule has 1 aromatic heterocycles. The Morgan fingerprint density at radius 1 is 1.38 bits per heavy atom. The maximum Gasteiger partial charge on any atom is 0.337 e. The normalized spacial score (nSPS) is 10.2. The molecule has 1 aromatic carbocycles. The van der Waals surface area contributed by atoms with E-state index in [1.54, 1.807) is 31.2 Å². The molecule has 2 rings (SSSR count). The second kappa shape index (κ2) is 6.08. The van der Waals surface area contributed by atoms with Gasteiger partial charge in [-0.3, -0.25) is 4.79 Å². The van der Waals surface area contributed by atoms with Crippen molar-refractivity contribution in [2.24, 2.45) is 0 Å². The van der Waals surface area contributed by atoms with E-state index >= 15 is 0 Å². The largest absolute Gasteiger partial charge is 0.478 e. The first-order valence-corrected chi connectivity index (χ1v) is 6.14. The summed E-state index contributed by atoms with van der Waals surface area (Å²) in [4.78, 5) is 24.4. The van der Waals surface area contributed by atoms with Gasteiger partial charge in [0, 0.05) is 13.1 Å². The minimum atomic E-state index is -1.10. The molecular weight excluding hydrogens is 276 g/mol. The van der Waals surface area contributed by atoms with Crippen LogP contribution in [0.25, 0.3) is 0 Å². The van der Waals surface area contributed by atoms with Gasteiger partial charge >= 0.3 is 5.97 Å². The van der Waals surface area contributed by atoms with E-state index < -0.39 is 11.9 Å². The molecule has 0 aliphatic heterocycles. The van der Waals surface area contributed by atoms with Crippen molar-refractivity contribution in [2.75, 3.05) is 18.6 Å². The highest BCUT2D eigenvalue weighted by atomic mass is 16.5. The Labute approximate surface area is 120 Å². The number of nitrogens with zero attached hydrogens (tertiary/aromatic N) is 2. The molecule has 7 heteroatoms. The molecule has 0 aliphatic rings. The second-order valence-electron chi connectivity index (χ2n) is 4.34. The highest BCUT2D eigenvalue weighted by Gasteiger charge is 2.18. The number of aryl methyl sites for hydroxylation is 1. The number of ether oxygens (including phenoxy) is 1. The van der Waals surface area contributed by atoms with Crippen LogP contribution in [0.15, 0.2) is 34.9 Å². The fourth-order valence-electron chi connectivity index (χ4n) is 1.73. The molecule has 0 saturated heterocycles. The van der Waals surface area contributed by atoms with Gasteiger partial charge in [0.1, 0.15) is 5.76 Å². The van der Waals surface area contributed by atoms with Crippen molar-refractivity contribution in [3.63, 3.8) is 0 Å². The summed E-state index contributed by atoms with van der Waals surface area (Å²) in [5.41, 5.74) is 0.348. The molecular formula is C14H14N2O5. The molecule has 7 nitrogen and oxygen atoms in total. The predicted molar refractivity (Wildman–Crippen MR) is 73.5 cm³/mol. The first kappa shape index (κ1) is 14.6. The maximum atomic E-state index is 12.0. The highest BCUT2D eigenvalue weighted by molar-refractivity contribution is 6.02. The van der Waals surface area contributed by atoms with Crippen molar-refractivity contribution in [2.45, 2.75) is 6.92 Å². The second-order valence-corrected chi connectivity index (χ2v) is 4.34. The van der Waals surface area contributed by atoms with E-state index in [-0.39, 0.29) is 18.1 Å². The van der Waals surface area contributed by atoms with Crippen LogP contribution in [0.3, 0.4) is 0 Å². The molecule has 0 bridgehead atoms. The van der Waals surface area contributed by atoms with E-state index in [9.17, 15) is 9.59 Å². The number of hydrogen-bond donors (Lipinski definition) is 1. The number of hydrogen-bond acceptors (Lipinski definition) is 5. The van der Waals surface area contributed by atoms with Gasteiger partial charge in [-0.2, -0.15) is 0 Å². The van der Waals surface area contributed by atoms with Crippen molar-refractivity contribution < 1.29 is 24.0 Å². The molecule has 1 amide bonds. The lowest BCUT2D eigenvalue weighted by atomic mass is 10.1. The Morgan fingerprint density at radius 2 is 2.10 bits per heavy atom. The number of carbonyl (C=O) groups is 2. The summed E-state index contributed by atoms with van der Waals surface area (Å²) in [5, 5.41) is 12.7. The molecule has 110 valence electrons. The average molecular weight is 290 g/mol. The summed E-state index contributed by atoms with van der Waals surface area (Å²) in [7, 11) is 1.49. The Balaban J connectivity index is 2.07. The van der Waals surface area contributed by atoms with Crippen LogP contribution in [0.1, 0.15) is 16.1 Å². The lowest BCUT2D eigenvalue weighted by Gasteiger charge is -2.18. The van der Waals surface area contributed by atoms with E-state index in [1.165, 1.54) is 18.0 Å². The van der Waals surface area contributed by atoms with Gasteiger partial charge in [-0.1, -0.05) is 12.1 Å². The summed E-state index contributed by atoms with van der Waals surface area (Å²) < 4.78 is 10.0. The third-order valence-electron chi connectivity index (χ3n) is 2.82. The summed E-state index contributed by atoms with van der Waals surface area (Å²) in [6.45, 7) is 1.44. The number of aromatic carboxylic acids is 1. The van der Waals surface area contributed by atoms with Crippen molar-refractivity contribution in [3.8, 4) is 5.88 Å². The fourth-order valence-corrected chi connectivity index (χ4v) is 1.73. The number of para-hydroxylation sites is 1. The van der Waals surface area contributed by atoms with Gasteiger partial charge in [0.2, 0.25) is 0 Å². The first-order valence-electron chi connectivity index (χ1n) is 6.14. The fraction of sp³-hybridized carbons (Fsp3) is 0.214. The average Bonchev–Trinajstić information content (AvgIpc) is 2.89. The Kier molecular flexibility index (Phi) is 4.22. The molecule has 2 aromatic rings. The minimum absolute atomic E-state index is 0.0469. The smallest absolute Gasteiger partial charge is 0.337 e. The van der Waals surface area contributed by atoms with Crippen molar-refractivity contribution in [1.29, 1.82) is 0 Å². The number of carboxylic acid groups (broad SMARTS) is 1. The number of amides is 1. The zero-order valence-corrected chi connectivity index (χ0v) is 11.6. The third-order valence-corrected chi connectivity index (χ3v) is 2.82. The lowest BCUT2D eigenvalue weighted by Crippen LogP contribution is -2.32. The van der Waals surface area contributed by atoms with E-state index in [1.807, 2.05) is 0 Å². The summed E-state index contributed by atoms with van der Waals surface area (Å²) in [6.07, 6.45) is 0. The number of anilines is 1. The monoisotopic (exact) mass is 290 g/mol. The van der Waals surface area contributed by atoms with E-state index in [2.05, 4.69) is 5.16 Å². The molecule has 0 saturated carbocycles. The minimum Gasteiger partial charge on any atom is -0.478 e. The van der Waals surface area contributed by atoms with Gasteiger partial charge in [0.05, 0.1) is 11.3 Å². The van der Waals surface area contributed by atoms with Gasteiger partial charge in [0.15, 0.2) is 6.61 Å². The number of rotatable bonds is 5. The van der Waals surface area contributed by atoms with E-state index in [4.69, 9.17) is 14.4 Å². The van der Waals surface area contributed by atoms with Crippen LogP contribution in [-0.4, -0.2) is 35.8 Å². The van der Waals surface area contributed by atoms with Crippen LogP contribution in [0, 0.1) is 6.92 Å². The van der Waals surface area contributed by atoms with Gasteiger partial charge in [-0.05, 0) is 24.2 Å². The van der Waals surface area contributed by atoms with Crippen LogP contribution < -0.4 is 9.64 Å². The third kappa shape index (κ3) is 3.38. The van der Waals surface area contributed by atoms with E-state index in [0.29, 0.717) is 11.4 Å². The summed E-state index contributed by atoms with van der Waals surface area (Å²) in [6, 6.07) is 7.80. The molecule has 1 N–H and O–H groups in total. The van der Waals surface area contributed by atoms with Gasteiger partial charge in [-0.15, -0.1) is 0 Å². The Morgan fingerprint density at radius 3 is 2.71 bits per heavy atom. The lowest BCUT2D eigenvalue weighted by molar-refractivity contribution is -0.120. The standard InChI is InChI=1S/C14H14N2O5/c1-9-7-12(15-21-9)20-8-13(17)16(2)11-6-4-3-5-10(11)14(18)19/h3-7H,8H2,1-2H3,(H,18,19). The molecule has 0 unspecified atom stereocenters. The predicted octanol–water partition coefficient (Wildman–Crippen LogP) is 1.72. The number of aromatic nitrogens is 1. The number of carbonyl (C=O) groups excluding carboxylic acids is 1. The van der Waals surface area contributed by atoms with Crippen molar-refractivity contribution >= 4 is 17.6 Å². The van der Waals surface area contributed by atoms with Crippen molar-refractivity contribution in [3.05, 3.63) is 41.7 Å².